The Labute approximate surface area is 353 Å². The lowest BCUT2D eigenvalue weighted by atomic mass is 9.60. The highest BCUT2D eigenvalue weighted by atomic mass is 16.5. The molecule has 0 saturated carbocycles. The van der Waals surface area contributed by atoms with Crippen molar-refractivity contribution in [2.24, 2.45) is 5.41 Å². The predicted octanol–water partition coefficient (Wildman–Crippen LogP) is 14.4. The molecule has 1 atom stereocenters. The fraction of sp³-hybridized carbons (Fsp3) is 0.774. The molecular weight excluding hydrogens is 701 g/mol. The van der Waals surface area contributed by atoms with E-state index in [0.717, 1.165) is 52.8 Å². The van der Waals surface area contributed by atoms with Crippen molar-refractivity contribution in [3.63, 3.8) is 0 Å². The molecule has 0 amide bonds. The van der Waals surface area contributed by atoms with Crippen LogP contribution in [0.4, 0.5) is 0 Å². The van der Waals surface area contributed by atoms with Crippen molar-refractivity contribution >= 4 is 0 Å². The van der Waals surface area contributed by atoms with E-state index in [1.807, 2.05) is 0 Å². The summed E-state index contributed by atoms with van der Waals surface area (Å²) in [7, 11) is 0. The number of hydrogen-bond donors (Lipinski definition) is 3. The van der Waals surface area contributed by atoms with Crippen molar-refractivity contribution < 1.29 is 20.1 Å². The van der Waals surface area contributed by atoms with Crippen LogP contribution in [0, 0.1) is 19.3 Å². The number of aryl methyl sites for hydroxylation is 2. The van der Waals surface area contributed by atoms with Gasteiger partial charge in [-0.05, 0) is 59.5 Å². The van der Waals surface area contributed by atoms with Gasteiger partial charge in [0.15, 0.2) is 0 Å². The Bertz CT molecular complexity index is 1390. The first kappa shape index (κ1) is 51.3. The topological polar surface area (TPSA) is 69.9 Å². The summed E-state index contributed by atoms with van der Waals surface area (Å²) in [6.07, 6.45) is 21.1. The van der Waals surface area contributed by atoms with E-state index in [-0.39, 0.29) is 21.7 Å². The zero-order valence-corrected chi connectivity index (χ0v) is 40.2. The number of unbranched alkanes of at least 4 members (excludes halogenated alkanes) is 15. The normalized spacial score (nSPS) is 14.3. The molecular formula is C53H92O4. The SMILES string of the molecule is CCCCCCCCCCCCCCCCCCC(Oc1c(C(C)(C)C)cc(C)cc1C(C)(C)C)(c1c(C(C)(C)C)cc(C)cc1C(C)(C)C)C(CO)(CO)CO. The van der Waals surface area contributed by atoms with Gasteiger partial charge in [-0.25, -0.2) is 0 Å². The van der Waals surface area contributed by atoms with Crippen molar-refractivity contribution in [1.29, 1.82) is 0 Å². The van der Waals surface area contributed by atoms with Crippen LogP contribution in [0.2, 0.25) is 0 Å². The van der Waals surface area contributed by atoms with Crippen molar-refractivity contribution in [3.05, 3.63) is 63.2 Å². The number of aliphatic hydroxyl groups excluding tert-OH is 3. The van der Waals surface area contributed by atoms with Gasteiger partial charge in [0.1, 0.15) is 11.4 Å². The highest BCUT2D eigenvalue weighted by molar-refractivity contribution is 5.54. The summed E-state index contributed by atoms with van der Waals surface area (Å²) in [5.74, 6) is 0.817. The van der Waals surface area contributed by atoms with E-state index in [1.165, 1.54) is 94.6 Å². The summed E-state index contributed by atoms with van der Waals surface area (Å²) in [5, 5.41) is 34.9. The van der Waals surface area contributed by atoms with Gasteiger partial charge in [-0.3, -0.25) is 0 Å². The number of ether oxygens (including phenoxy) is 1. The van der Waals surface area contributed by atoms with Crippen LogP contribution >= 0.6 is 0 Å². The van der Waals surface area contributed by atoms with Crippen molar-refractivity contribution in [3.8, 4) is 5.75 Å². The van der Waals surface area contributed by atoms with Crippen LogP contribution in [0.15, 0.2) is 24.3 Å². The van der Waals surface area contributed by atoms with E-state index in [0.29, 0.717) is 6.42 Å². The standard InChI is InChI=1S/C53H92O4/c1-16-17-18-19-20-21-22-23-24-25-26-27-28-29-30-31-32-53(52(37-54,38-55)39-56,46-42(48(4,5)6)33-40(2)34-43(46)49(7,8)9)57-47-44(50(10,11)12)35-41(3)36-45(47)51(13,14)15/h33-36,54-56H,16-32,37-39H2,1-15H3. The Morgan fingerprint density at radius 1 is 0.421 bits per heavy atom. The Hall–Kier alpha value is -1.88. The molecule has 4 nitrogen and oxygen atoms in total. The van der Waals surface area contributed by atoms with Gasteiger partial charge in [0, 0.05) is 16.7 Å². The maximum atomic E-state index is 11.6. The average Bonchev–Trinajstić information content (AvgIpc) is 3.10. The zero-order chi connectivity index (χ0) is 43.3. The highest BCUT2D eigenvalue weighted by Crippen LogP contribution is 2.55. The third-order valence-corrected chi connectivity index (χ3v) is 12.6. The Balaban J connectivity index is 2.69. The fourth-order valence-electron chi connectivity index (χ4n) is 8.90. The minimum absolute atomic E-state index is 0.255. The van der Waals surface area contributed by atoms with E-state index in [9.17, 15) is 15.3 Å². The smallest absolute Gasteiger partial charge is 0.147 e. The maximum Gasteiger partial charge on any atom is 0.147 e. The molecule has 4 heteroatoms. The summed E-state index contributed by atoms with van der Waals surface area (Å²) in [6.45, 7) is 32.3. The summed E-state index contributed by atoms with van der Waals surface area (Å²) in [4.78, 5) is 0. The number of benzene rings is 2. The molecule has 57 heavy (non-hydrogen) atoms. The third-order valence-electron chi connectivity index (χ3n) is 12.6. The fourth-order valence-corrected chi connectivity index (χ4v) is 8.90. The number of hydrogen-bond acceptors (Lipinski definition) is 4. The zero-order valence-electron chi connectivity index (χ0n) is 40.2. The van der Waals surface area contributed by atoms with Crippen LogP contribution in [0.3, 0.4) is 0 Å². The summed E-state index contributed by atoms with van der Waals surface area (Å²) in [6, 6.07) is 9.09. The first-order valence-corrected chi connectivity index (χ1v) is 23.3. The summed E-state index contributed by atoms with van der Waals surface area (Å²) in [5.41, 5.74) is 4.15. The second kappa shape index (κ2) is 22.1. The van der Waals surface area contributed by atoms with Gasteiger partial charge in [-0.15, -0.1) is 0 Å². The molecule has 2 rings (SSSR count). The Morgan fingerprint density at radius 3 is 0.982 bits per heavy atom. The lowest BCUT2D eigenvalue weighted by Gasteiger charge is -2.52. The van der Waals surface area contributed by atoms with Gasteiger partial charge in [0.25, 0.3) is 0 Å². The average molecular weight is 793 g/mol. The molecule has 328 valence electrons. The van der Waals surface area contributed by atoms with Gasteiger partial charge in [-0.1, -0.05) is 222 Å². The summed E-state index contributed by atoms with van der Waals surface area (Å²) >= 11 is 0. The molecule has 0 bridgehead atoms. The molecule has 2 aromatic carbocycles. The molecule has 0 radical (unpaired) electrons. The minimum atomic E-state index is -1.38. The molecule has 1 unspecified atom stereocenters. The second-order valence-electron chi connectivity index (χ2n) is 22.2. The quantitative estimate of drug-likeness (QED) is 0.0926. The van der Waals surface area contributed by atoms with Gasteiger partial charge in [-0.2, -0.15) is 0 Å². The molecule has 0 aromatic heterocycles. The third kappa shape index (κ3) is 14.1. The number of rotatable bonds is 24. The van der Waals surface area contributed by atoms with E-state index in [2.05, 4.69) is 128 Å². The molecule has 0 aliphatic carbocycles. The largest absolute Gasteiger partial charge is 0.481 e. The van der Waals surface area contributed by atoms with Crippen LogP contribution in [0.1, 0.15) is 238 Å². The van der Waals surface area contributed by atoms with E-state index in [1.54, 1.807) is 0 Å². The van der Waals surface area contributed by atoms with Crippen LogP contribution in [-0.4, -0.2) is 35.1 Å². The number of aliphatic hydroxyl groups is 3. The highest BCUT2D eigenvalue weighted by Gasteiger charge is 2.57. The first-order chi connectivity index (χ1) is 26.5. The van der Waals surface area contributed by atoms with Crippen molar-refractivity contribution in [1.82, 2.24) is 0 Å². The van der Waals surface area contributed by atoms with Crippen LogP contribution in [0.25, 0.3) is 0 Å². The monoisotopic (exact) mass is 793 g/mol. The molecule has 0 fully saturated rings. The van der Waals surface area contributed by atoms with Gasteiger partial charge in [0.2, 0.25) is 0 Å². The van der Waals surface area contributed by atoms with Crippen molar-refractivity contribution in [2.45, 2.75) is 240 Å². The van der Waals surface area contributed by atoms with E-state index < -0.39 is 30.8 Å². The lowest BCUT2D eigenvalue weighted by Crippen LogP contribution is -2.58. The molecule has 0 aliphatic heterocycles. The predicted molar refractivity (Wildman–Crippen MR) is 247 cm³/mol. The van der Waals surface area contributed by atoms with Gasteiger partial charge in [0.05, 0.1) is 25.2 Å². The van der Waals surface area contributed by atoms with Crippen LogP contribution in [-0.2, 0) is 27.3 Å². The van der Waals surface area contributed by atoms with Gasteiger partial charge < -0.3 is 20.1 Å². The van der Waals surface area contributed by atoms with Crippen LogP contribution < -0.4 is 4.74 Å². The second-order valence-corrected chi connectivity index (χ2v) is 22.2. The molecule has 0 saturated heterocycles. The minimum Gasteiger partial charge on any atom is -0.481 e. The molecule has 0 aliphatic rings. The Morgan fingerprint density at radius 2 is 0.702 bits per heavy atom. The molecule has 2 aromatic rings. The maximum absolute atomic E-state index is 11.6. The molecule has 0 spiro atoms. The summed E-state index contributed by atoms with van der Waals surface area (Å²) < 4.78 is 7.95. The first-order valence-electron chi connectivity index (χ1n) is 23.3. The van der Waals surface area contributed by atoms with E-state index in [4.69, 9.17) is 4.74 Å². The molecule has 0 heterocycles. The van der Waals surface area contributed by atoms with Gasteiger partial charge >= 0.3 is 0 Å². The lowest BCUT2D eigenvalue weighted by molar-refractivity contribution is -0.151. The van der Waals surface area contributed by atoms with E-state index >= 15 is 0 Å². The van der Waals surface area contributed by atoms with Crippen LogP contribution in [0.5, 0.6) is 5.75 Å². The molecule has 3 N–H and O–H groups in total. The Kier molecular flexibility index (Phi) is 19.9. The van der Waals surface area contributed by atoms with Crippen molar-refractivity contribution in [2.75, 3.05) is 19.8 Å².